The SMILES string of the molecule is CCCOc1cc(-c2ccc(C(C)NC(C)=O)cc2)ccn1. The summed E-state index contributed by atoms with van der Waals surface area (Å²) in [7, 11) is 0. The molecule has 1 heterocycles. The predicted octanol–water partition coefficient (Wildman–Crippen LogP) is 3.73. The number of pyridine rings is 1. The van der Waals surface area contributed by atoms with Crippen LogP contribution in [0, 0.1) is 0 Å². The van der Waals surface area contributed by atoms with E-state index < -0.39 is 0 Å². The van der Waals surface area contributed by atoms with Crippen LogP contribution in [-0.4, -0.2) is 17.5 Å². The van der Waals surface area contributed by atoms with Crippen molar-refractivity contribution in [3.05, 3.63) is 48.2 Å². The highest BCUT2D eigenvalue weighted by molar-refractivity contribution is 5.73. The lowest BCUT2D eigenvalue weighted by Gasteiger charge is -2.13. The molecule has 4 nitrogen and oxygen atoms in total. The van der Waals surface area contributed by atoms with Gasteiger partial charge in [-0.15, -0.1) is 0 Å². The third-order valence-corrected chi connectivity index (χ3v) is 3.35. The fourth-order valence-electron chi connectivity index (χ4n) is 2.23. The second-order valence-corrected chi connectivity index (χ2v) is 5.28. The Morgan fingerprint density at radius 3 is 2.59 bits per heavy atom. The first-order valence-corrected chi connectivity index (χ1v) is 7.56. The molecule has 0 saturated heterocycles. The zero-order valence-corrected chi connectivity index (χ0v) is 13.3. The minimum absolute atomic E-state index is 0.00689. The van der Waals surface area contributed by atoms with Crippen molar-refractivity contribution in [3.63, 3.8) is 0 Å². The number of nitrogens with zero attached hydrogens (tertiary/aromatic N) is 1. The molecule has 0 spiro atoms. The molecule has 0 radical (unpaired) electrons. The summed E-state index contributed by atoms with van der Waals surface area (Å²) in [4.78, 5) is 15.3. The first-order chi connectivity index (χ1) is 10.6. The van der Waals surface area contributed by atoms with Crippen molar-refractivity contribution in [2.75, 3.05) is 6.61 Å². The van der Waals surface area contributed by atoms with Crippen LogP contribution in [0.3, 0.4) is 0 Å². The number of carbonyl (C=O) groups excluding carboxylic acids is 1. The number of hydrogen-bond acceptors (Lipinski definition) is 3. The third-order valence-electron chi connectivity index (χ3n) is 3.35. The molecule has 0 aliphatic carbocycles. The van der Waals surface area contributed by atoms with Gasteiger partial charge in [-0.25, -0.2) is 4.98 Å². The molecule has 2 rings (SSSR count). The van der Waals surface area contributed by atoms with Crippen LogP contribution in [0.4, 0.5) is 0 Å². The van der Waals surface area contributed by atoms with E-state index in [0.29, 0.717) is 12.5 Å². The minimum atomic E-state index is -0.0246. The summed E-state index contributed by atoms with van der Waals surface area (Å²) >= 11 is 0. The van der Waals surface area contributed by atoms with Crippen LogP contribution in [0.25, 0.3) is 11.1 Å². The van der Waals surface area contributed by atoms with Crippen molar-refractivity contribution in [1.82, 2.24) is 10.3 Å². The Morgan fingerprint density at radius 1 is 1.23 bits per heavy atom. The highest BCUT2D eigenvalue weighted by Crippen LogP contribution is 2.24. The van der Waals surface area contributed by atoms with Crippen LogP contribution in [0.2, 0.25) is 0 Å². The van der Waals surface area contributed by atoms with E-state index in [4.69, 9.17) is 4.74 Å². The van der Waals surface area contributed by atoms with Crippen LogP contribution in [-0.2, 0) is 4.79 Å². The van der Waals surface area contributed by atoms with Crippen LogP contribution >= 0.6 is 0 Å². The molecular weight excluding hydrogens is 276 g/mol. The summed E-state index contributed by atoms with van der Waals surface area (Å²) in [6.45, 7) is 6.24. The summed E-state index contributed by atoms with van der Waals surface area (Å²) in [6, 6.07) is 12.1. The number of rotatable bonds is 6. The summed E-state index contributed by atoms with van der Waals surface area (Å²) in [5.74, 6) is 0.624. The van der Waals surface area contributed by atoms with E-state index in [9.17, 15) is 4.79 Å². The van der Waals surface area contributed by atoms with E-state index in [1.54, 1.807) is 6.20 Å². The maximum atomic E-state index is 11.1. The lowest BCUT2D eigenvalue weighted by Crippen LogP contribution is -2.23. The number of ether oxygens (including phenoxy) is 1. The Bertz CT molecular complexity index is 623. The Morgan fingerprint density at radius 2 is 1.95 bits per heavy atom. The summed E-state index contributed by atoms with van der Waals surface area (Å²) in [5.41, 5.74) is 3.25. The quantitative estimate of drug-likeness (QED) is 0.884. The summed E-state index contributed by atoms with van der Waals surface area (Å²) in [6.07, 6.45) is 2.72. The average molecular weight is 298 g/mol. The standard InChI is InChI=1S/C18H22N2O2/c1-4-11-22-18-12-17(9-10-19-18)16-7-5-15(6-8-16)13(2)20-14(3)21/h5-10,12-13H,4,11H2,1-3H3,(H,20,21). The molecule has 4 heteroatoms. The van der Waals surface area contributed by atoms with Crippen LogP contribution in [0.1, 0.15) is 38.8 Å². The lowest BCUT2D eigenvalue weighted by atomic mass is 10.0. The molecule has 0 saturated carbocycles. The minimum Gasteiger partial charge on any atom is -0.478 e. The molecular formula is C18H22N2O2. The molecule has 1 unspecified atom stereocenters. The monoisotopic (exact) mass is 298 g/mol. The average Bonchev–Trinajstić information content (AvgIpc) is 2.53. The van der Waals surface area contributed by atoms with Gasteiger partial charge in [0.1, 0.15) is 0 Å². The smallest absolute Gasteiger partial charge is 0.217 e. The fourth-order valence-corrected chi connectivity index (χ4v) is 2.23. The Kier molecular flexibility index (Phi) is 5.53. The molecule has 1 amide bonds. The number of carbonyl (C=O) groups is 1. The van der Waals surface area contributed by atoms with Gasteiger partial charge in [-0.05, 0) is 36.1 Å². The van der Waals surface area contributed by atoms with Gasteiger partial charge in [0.05, 0.1) is 12.6 Å². The third kappa shape index (κ3) is 4.32. The molecule has 1 N–H and O–H groups in total. The number of amides is 1. The molecule has 0 fully saturated rings. The molecule has 0 bridgehead atoms. The van der Waals surface area contributed by atoms with Gasteiger partial charge in [0, 0.05) is 19.2 Å². The molecule has 1 atom stereocenters. The normalized spacial score (nSPS) is 11.8. The predicted molar refractivity (Wildman–Crippen MR) is 87.7 cm³/mol. The zero-order chi connectivity index (χ0) is 15.9. The van der Waals surface area contributed by atoms with Gasteiger partial charge < -0.3 is 10.1 Å². The summed E-state index contributed by atoms with van der Waals surface area (Å²) < 4.78 is 5.56. The van der Waals surface area contributed by atoms with E-state index in [1.165, 1.54) is 6.92 Å². The van der Waals surface area contributed by atoms with Gasteiger partial charge >= 0.3 is 0 Å². The molecule has 1 aromatic carbocycles. The van der Waals surface area contributed by atoms with Crippen molar-refractivity contribution in [1.29, 1.82) is 0 Å². The van der Waals surface area contributed by atoms with E-state index in [-0.39, 0.29) is 11.9 Å². The molecule has 116 valence electrons. The number of hydrogen-bond donors (Lipinski definition) is 1. The van der Waals surface area contributed by atoms with Crippen molar-refractivity contribution in [3.8, 4) is 17.0 Å². The topological polar surface area (TPSA) is 51.2 Å². The van der Waals surface area contributed by atoms with Gasteiger partial charge in [0.15, 0.2) is 0 Å². The second-order valence-electron chi connectivity index (χ2n) is 5.28. The van der Waals surface area contributed by atoms with Crippen molar-refractivity contribution in [2.24, 2.45) is 0 Å². The van der Waals surface area contributed by atoms with Crippen molar-refractivity contribution >= 4 is 5.91 Å². The maximum absolute atomic E-state index is 11.1. The van der Waals surface area contributed by atoms with E-state index >= 15 is 0 Å². The van der Waals surface area contributed by atoms with E-state index in [0.717, 1.165) is 23.1 Å². The van der Waals surface area contributed by atoms with Gasteiger partial charge in [0.2, 0.25) is 11.8 Å². The van der Waals surface area contributed by atoms with Gasteiger partial charge in [0.25, 0.3) is 0 Å². The van der Waals surface area contributed by atoms with Gasteiger partial charge in [-0.3, -0.25) is 4.79 Å². The molecule has 0 aliphatic rings. The first-order valence-electron chi connectivity index (χ1n) is 7.56. The molecule has 22 heavy (non-hydrogen) atoms. The van der Waals surface area contributed by atoms with Gasteiger partial charge in [-0.2, -0.15) is 0 Å². The Labute approximate surface area is 131 Å². The van der Waals surface area contributed by atoms with E-state index in [2.05, 4.69) is 17.2 Å². The van der Waals surface area contributed by atoms with Crippen LogP contribution < -0.4 is 10.1 Å². The molecule has 0 aliphatic heterocycles. The number of benzene rings is 1. The van der Waals surface area contributed by atoms with Crippen molar-refractivity contribution in [2.45, 2.75) is 33.2 Å². The van der Waals surface area contributed by atoms with Crippen LogP contribution in [0.15, 0.2) is 42.6 Å². The Balaban J connectivity index is 2.14. The van der Waals surface area contributed by atoms with Gasteiger partial charge in [-0.1, -0.05) is 31.2 Å². The largest absolute Gasteiger partial charge is 0.478 e. The maximum Gasteiger partial charge on any atom is 0.217 e. The number of aromatic nitrogens is 1. The van der Waals surface area contributed by atoms with Crippen LogP contribution in [0.5, 0.6) is 5.88 Å². The lowest BCUT2D eigenvalue weighted by molar-refractivity contribution is -0.119. The molecule has 1 aromatic heterocycles. The molecule has 2 aromatic rings. The number of nitrogens with one attached hydrogen (secondary N) is 1. The zero-order valence-electron chi connectivity index (χ0n) is 13.3. The highest BCUT2D eigenvalue weighted by Gasteiger charge is 2.07. The highest BCUT2D eigenvalue weighted by atomic mass is 16.5. The Hall–Kier alpha value is -2.36. The van der Waals surface area contributed by atoms with Crippen molar-refractivity contribution < 1.29 is 9.53 Å². The van der Waals surface area contributed by atoms with E-state index in [1.807, 2.05) is 43.3 Å². The first kappa shape index (κ1) is 16.0. The fraction of sp³-hybridized carbons (Fsp3) is 0.333. The second kappa shape index (κ2) is 7.59. The summed E-state index contributed by atoms with van der Waals surface area (Å²) in [5, 5.41) is 2.88.